The van der Waals surface area contributed by atoms with E-state index in [0.717, 1.165) is 21.8 Å². The van der Waals surface area contributed by atoms with E-state index in [9.17, 15) is 0 Å². The fraction of sp³-hybridized carbons (Fsp3) is 0.200. The maximum absolute atomic E-state index is 4.36. The van der Waals surface area contributed by atoms with Gasteiger partial charge >= 0.3 is 0 Å². The van der Waals surface area contributed by atoms with E-state index in [4.69, 9.17) is 0 Å². The number of aryl methyl sites for hydroxylation is 1. The molecular formula is C10H10BrN3. The van der Waals surface area contributed by atoms with Crippen LogP contribution in [0.15, 0.2) is 29.1 Å². The van der Waals surface area contributed by atoms with Gasteiger partial charge in [-0.05, 0) is 41.9 Å². The van der Waals surface area contributed by atoms with E-state index in [1.165, 1.54) is 0 Å². The molecule has 2 aromatic heterocycles. The summed E-state index contributed by atoms with van der Waals surface area (Å²) in [6.45, 7) is 4.02. The van der Waals surface area contributed by atoms with Crippen LogP contribution in [0.4, 0.5) is 0 Å². The minimum Gasteiger partial charge on any atom is -0.287 e. The van der Waals surface area contributed by atoms with Crippen LogP contribution in [0.1, 0.15) is 11.4 Å². The molecule has 0 saturated carbocycles. The highest BCUT2D eigenvalue weighted by Crippen LogP contribution is 2.13. The average molecular weight is 252 g/mol. The number of aromatic nitrogens is 3. The standard InChI is InChI=1S/C10H10BrN3/c1-7-8(2)14(6-12-7)10-5-3-4-9(11)13-10/h3-6H,1-2H3. The van der Waals surface area contributed by atoms with E-state index in [0.29, 0.717) is 0 Å². The second-order valence-corrected chi connectivity index (χ2v) is 3.92. The molecule has 0 N–H and O–H groups in total. The summed E-state index contributed by atoms with van der Waals surface area (Å²) in [7, 11) is 0. The molecular weight excluding hydrogens is 242 g/mol. The van der Waals surface area contributed by atoms with E-state index in [2.05, 4.69) is 25.9 Å². The number of hydrogen-bond acceptors (Lipinski definition) is 2. The molecule has 0 aliphatic carbocycles. The summed E-state index contributed by atoms with van der Waals surface area (Å²) in [6.07, 6.45) is 1.79. The molecule has 2 aromatic rings. The lowest BCUT2D eigenvalue weighted by atomic mass is 10.3. The first-order valence-electron chi connectivity index (χ1n) is 4.32. The summed E-state index contributed by atoms with van der Waals surface area (Å²) in [6, 6.07) is 5.82. The van der Waals surface area contributed by atoms with Crippen molar-refractivity contribution in [1.29, 1.82) is 0 Å². The van der Waals surface area contributed by atoms with Crippen LogP contribution in [0.25, 0.3) is 5.82 Å². The SMILES string of the molecule is Cc1ncn(-c2cccc(Br)n2)c1C. The van der Waals surface area contributed by atoms with Gasteiger partial charge in [0.1, 0.15) is 16.7 Å². The Labute approximate surface area is 90.9 Å². The van der Waals surface area contributed by atoms with Crippen molar-refractivity contribution >= 4 is 15.9 Å². The maximum Gasteiger partial charge on any atom is 0.139 e. The molecule has 3 nitrogen and oxygen atoms in total. The van der Waals surface area contributed by atoms with Crippen LogP contribution in [0.5, 0.6) is 0 Å². The minimum atomic E-state index is 0.834. The van der Waals surface area contributed by atoms with E-state index >= 15 is 0 Å². The van der Waals surface area contributed by atoms with Gasteiger partial charge in [0.15, 0.2) is 0 Å². The van der Waals surface area contributed by atoms with Crippen molar-refractivity contribution < 1.29 is 0 Å². The van der Waals surface area contributed by atoms with Gasteiger partial charge in [0, 0.05) is 5.69 Å². The molecule has 0 unspecified atom stereocenters. The van der Waals surface area contributed by atoms with E-state index in [1.54, 1.807) is 6.33 Å². The second kappa shape index (κ2) is 3.53. The van der Waals surface area contributed by atoms with Crippen molar-refractivity contribution in [3.8, 4) is 5.82 Å². The lowest BCUT2D eigenvalue weighted by Crippen LogP contribution is -1.98. The van der Waals surface area contributed by atoms with Crippen LogP contribution < -0.4 is 0 Å². The molecule has 0 radical (unpaired) electrons. The molecule has 4 heteroatoms. The van der Waals surface area contributed by atoms with Crippen LogP contribution in [0, 0.1) is 13.8 Å². The first-order chi connectivity index (χ1) is 6.68. The van der Waals surface area contributed by atoms with Crippen molar-refractivity contribution in [2.45, 2.75) is 13.8 Å². The highest BCUT2D eigenvalue weighted by Gasteiger charge is 2.04. The van der Waals surface area contributed by atoms with Gasteiger partial charge < -0.3 is 0 Å². The quantitative estimate of drug-likeness (QED) is 0.730. The fourth-order valence-corrected chi connectivity index (χ4v) is 1.60. The van der Waals surface area contributed by atoms with E-state index in [1.807, 2.05) is 36.6 Å². The van der Waals surface area contributed by atoms with E-state index in [-0.39, 0.29) is 0 Å². The molecule has 0 atom stereocenters. The zero-order valence-corrected chi connectivity index (χ0v) is 9.62. The highest BCUT2D eigenvalue weighted by molar-refractivity contribution is 9.10. The number of halogens is 1. The Morgan fingerprint density at radius 1 is 1.29 bits per heavy atom. The van der Waals surface area contributed by atoms with Gasteiger partial charge in [-0.1, -0.05) is 6.07 Å². The molecule has 0 bridgehead atoms. The van der Waals surface area contributed by atoms with Gasteiger partial charge in [-0.25, -0.2) is 9.97 Å². The highest BCUT2D eigenvalue weighted by atomic mass is 79.9. The van der Waals surface area contributed by atoms with Crippen LogP contribution in [0.3, 0.4) is 0 Å². The number of rotatable bonds is 1. The number of pyridine rings is 1. The van der Waals surface area contributed by atoms with Crippen molar-refractivity contribution in [1.82, 2.24) is 14.5 Å². The van der Waals surface area contributed by atoms with Crippen molar-refractivity contribution in [3.63, 3.8) is 0 Å². The Balaban J connectivity index is 2.55. The van der Waals surface area contributed by atoms with Crippen LogP contribution in [-0.2, 0) is 0 Å². The normalized spacial score (nSPS) is 10.5. The third kappa shape index (κ3) is 1.57. The predicted molar refractivity (Wildman–Crippen MR) is 58.5 cm³/mol. The molecule has 0 aromatic carbocycles. The molecule has 2 rings (SSSR count). The largest absolute Gasteiger partial charge is 0.287 e. The number of hydrogen-bond donors (Lipinski definition) is 0. The van der Waals surface area contributed by atoms with Crippen LogP contribution >= 0.6 is 15.9 Å². The molecule has 0 amide bonds. The third-order valence-corrected chi connectivity index (χ3v) is 2.64. The zero-order chi connectivity index (χ0) is 10.1. The molecule has 0 aliphatic heterocycles. The maximum atomic E-state index is 4.36. The summed E-state index contributed by atoms with van der Waals surface area (Å²) in [4.78, 5) is 8.59. The van der Waals surface area contributed by atoms with Crippen molar-refractivity contribution in [2.75, 3.05) is 0 Å². The lowest BCUT2D eigenvalue weighted by molar-refractivity contribution is 0.944. The molecule has 0 fully saturated rings. The number of nitrogens with zero attached hydrogens (tertiary/aromatic N) is 3. The lowest BCUT2D eigenvalue weighted by Gasteiger charge is -2.03. The Hall–Kier alpha value is -1.16. The minimum absolute atomic E-state index is 0.834. The monoisotopic (exact) mass is 251 g/mol. The van der Waals surface area contributed by atoms with Gasteiger partial charge in [0.05, 0.1) is 5.69 Å². The molecule has 0 spiro atoms. The third-order valence-electron chi connectivity index (χ3n) is 2.20. The summed E-state index contributed by atoms with van der Waals surface area (Å²) >= 11 is 3.35. The van der Waals surface area contributed by atoms with Crippen molar-refractivity contribution in [2.24, 2.45) is 0 Å². The van der Waals surface area contributed by atoms with Crippen LogP contribution in [0.2, 0.25) is 0 Å². The zero-order valence-electron chi connectivity index (χ0n) is 8.03. The average Bonchev–Trinajstić information content (AvgIpc) is 2.48. The Morgan fingerprint density at radius 3 is 2.64 bits per heavy atom. The fourth-order valence-electron chi connectivity index (χ4n) is 1.26. The molecule has 0 saturated heterocycles. The summed E-state index contributed by atoms with van der Waals surface area (Å²) < 4.78 is 2.81. The van der Waals surface area contributed by atoms with Crippen molar-refractivity contribution in [3.05, 3.63) is 40.5 Å². The summed E-state index contributed by atoms with van der Waals surface area (Å²) in [5.41, 5.74) is 2.15. The van der Waals surface area contributed by atoms with E-state index < -0.39 is 0 Å². The Morgan fingerprint density at radius 2 is 2.07 bits per heavy atom. The first-order valence-corrected chi connectivity index (χ1v) is 5.11. The van der Waals surface area contributed by atoms with Gasteiger partial charge in [0.2, 0.25) is 0 Å². The van der Waals surface area contributed by atoms with Gasteiger partial charge in [0.25, 0.3) is 0 Å². The Kier molecular flexibility index (Phi) is 2.37. The summed E-state index contributed by atoms with van der Waals surface area (Å²) in [5.74, 6) is 0.887. The van der Waals surface area contributed by atoms with Gasteiger partial charge in [-0.2, -0.15) is 0 Å². The molecule has 72 valence electrons. The van der Waals surface area contributed by atoms with Crippen LogP contribution in [-0.4, -0.2) is 14.5 Å². The topological polar surface area (TPSA) is 30.7 Å². The Bertz CT molecular complexity index is 462. The molecule has 0 aliphatic rings. The first kappa shape index (κ1) is 9.40. The van der Waals surface area contributed by atoms with Gasteiger partial charge in [-0.15, -0.1) is 0 Å². The number of imidazole rings is 1. The summed E-state index contributed by atoms with van der Waals surface area (Å²) in [5, 5.41) is 0. The van der Waals surface area contributed by atoms with Gasteiger partial charge in [-0.3, -0.25) is 4.57 Å². The molecule has 2 heterocycles. The predicted octanol–water partition coefficient (Wildman–Crippen LogP) is 2.65. The smallest absolute Gasteiger partial charge is 0.139 e. The molecule has 14 heavy (non-hydrogen) atoms. The second-order valence-electron chi connectivity index (χ2n) is 3.10.